The summed E-state index contributed by atoms with van der Waals surface area (Å²) in [5, 5.41) is 0. The van der Waals surface area contributed by atoms with Gasteiger partial charge in [-0.05, 0) is 55.5 Å². The highest BCUT2D eigenvalue weighted by Crippen LogP contribution is 2.22. The van der Waals surface area contributed by atoms with Gasteiger partial charge in [-0.3, -0.25) is 4.79 Å². The zero-order valence-electron chi connectivity index (χ0n) is 10.1. The van der Waals surface area contributed by atoms with Gasteiger partial charge in [-0.2, -0.15) is 0 Å². The van der Waals surface area contributed by atoms with Crippen LogP contribution in [0.2, 0.25) is 0 Å². The highest BCUT2D eigenvalue weighted by atomic mass is 16.5. The Hall–Kier alpha value is -1.31. The van der Waals surface area contributed by atoms with E-state index in [4.69, 9.17) is 4.74 Å². The molecule has 0 unspecified atom stereocenters. The predicted octanol–water partition coefficient (Wildman–Crippen LogP) is 2.64. The Kier molecular flexibility index (Phi) is 3.51. The van der Waals surface area contributed by atoms with Crippen molar-refractivity contribution in [2.75, 3.05) is 7.11 Å². The first kappa shape index (κ1) is 11.8. The molecular formula is C13H18O2. The van der Waals surface area contributed by atoms with E-state index in [-0.39, 0.29) is 5.97 Å². The Balaban J connectivity index is 3.21. The van der Waals surface area contributed by atoms with Crippen LogP contribution in [0.4, 0.5) is 0 Å². The molecule has 82 valence electrons. The molecule has 0 aliphatic rings. The van der Waals surface area contributed by atoms with Crippen molar-refractivity contribution in [3.05, 3.63) is 33.9 Å². The third-order valence-electron chi connectivity index (χ3n) is 3.07. The summed E-state index contributed by atoms with van der Waals surface area (Å²) in [5.74, 6) is -0.175. The number of methoxy groups -OCH3 is 1. The van der Waals surface area contributed by atoms with Gasteiger partial charge in [0.25, 0.3) is 0 Å². The topological polar surface area (TPSA) is 26.3 Å². The van der Waals surface area contributed by atoms with E-state index in [0.29, 0.717) is 6.42 Å². The number of carbonyl (C=O) groups excluding carboxylic acids is 1. The zero-order chi connectivity index (χ0) is 11.6. The highest BCUT2D eigenvalue weighted by molar-refractivity contribution is 5.74. The molecule has 0 saturated carbocycles. The SMILES string of the molecule is COC(=O)Cc1c(C)c(C)cc(C)c1C. The molecule has 0 radical (unpaired) electrons. The van der Waals surface area contributed by atoms with Crippen LogP contribution in [0.3, 0.4) is 0 Å². The summed E-state index contributed by atoms with van der Waals surface area (Å²) in [5.41, 5.74) is 5.97. The number of esters is 1. The Morgan fingerprint density at radius 1 is 1.13 bits per heavy atom. The number of hydrogen-bond donors (Lipinski definition) is 0. The third kappa shape index (κ3) is 2.38. The summed E-state index contributed by atoms with van der Waals surface area (Å²) in [6.07, 6.45) is 0.372. The highest BCUT2D eigenvalue weighted by Gasteiger charge is 2.12. The first-order chi connectivity index (χ1) is 6.97. The van der Waals surface area contributed by atoms with Crippen molar-refractivity contribution in [3.63, 3.8) is 0 Å². The number of carbonyl (C=O) groups is 1. The molecule has 0 heterocycles. The van der Waals surface area contributed by atoms with E-state index in [1.807, 2.05) is 0 Å². The van der Waals surface area contributed by atoms with Crippen LogP contribution in [-0.2, 0) is 16.0 Å². The number of hydrogen-bond acceptors (Lipinski definition) is 2. The molecule has 0 fully saturated rings. The van der Waals surface area contributed by atoms with Gasteiger partial charge in [0.05, 0.1) is 13.5 Å². The van der Waals surface area contributed by atoms with Crippen LogP contribution in [0.1, 0.15) is 27.8 Å². The van der Waals surface area contributed by atoms with Crippen molar-refractivity contribution in [1.82, 2.24) is 0 Å². The van der Waals surface area contributed by atoms with Gasteiger partial charge < -0.3 is 4.74 Å². The van der Waals surface area contributed by atoms with Crippen molar-refractivity contribution in [1.29, 1.82) is 0 Å². The van der Waals surface area contributed by atoms with Crippen molar-refractivity contribution >= 4 is 5.97 Å². The monoisotopic (exact) mass is 206 g/mol. The lowest BCUT2D eigenvalue weighted by Gasteiger charge is -2.14. The molecule has 0 amide bonds. The molecule has 2 nitrogen and oxygen atoms in total. The van der Waals surface area contributed by atoms with Gasteiger partial charge >= 0.3 is 5.97 Å². The molecule has 0 aromatic heterocycles. The Bertz CT molecular complexity index is 366. The van der Waals surface area contributed by atoms with E-state index in [2.05, 4.69) is 33.8 Å². The first-order valence-corrected chi connectivity index (χ1v) is 5.10. The molecule has 0 aliphatic carbocycles. The normalized spacial score (nSPS) is 10.2. The molecule has 0 spiro atoms. The van der Waals surface area contributed by atoms with Crippen molar-refractivity contribution in [3.8, 4) is 0 Å². The van der Waals surface area contributed by atoms with E-state index < -0.39 is 0 Å². The maximum atomic E-state index is 11.3. The predicted molar refractivity (Wildman–Crippen MR) is 61.1 cm³/mol. The molecule has 0 saturated heterocycles. The first-order valence-electron chi connectivity index (χ1n) is 5.10. The van der Waals surface area contributed by atoms with E-state index >= 15 is 0 Å². The zero-order valence-corrected chi connectivity index (χ0v) is 10.1. The van der Waals surface area contributed by atoms with Gasteiger partial charge in [0, 0.05) is 0 Å². The number of aryl methyl sites for hydroxylation is 2. The summed E-state index contributed by atoms with van der Waals surface area (Å²) in [6, 6.07) is 2.16. The minimum absolute atomic E-state index is 0.175. The van der Waals surface area contributed by atoms with Crippen LogP contribution in [0.5, 0.6) is 0 Å². The summed E-state index contributed by atoms with van der Waals surface area (Å²) in [4.78, 5) is 11.3. The number of rotatable bonds is 2. The van der Waals surface area contributed by atoms with Crippen molar-refractivity contribution in [2.24, 2.45) is 0 Å². The molecule has 1 aromatic rings. The van der Waals surface area contributed by atoms with Gasteiger partial charge in [-0.25, -0.2) is 0 Å². The quantitative estimate of drug-likeness (QED) is 0.695. The second-order valence-corrected chi connectivity index (χ2v) is 3.99. The lowest BCUT2D eigenvalue weighted by Crippen LogP contribution is -2.09. The molecule has 0 N–H and O–H groups in total. The lowest BCUT2D eigenvalue weighted by molar-refractivity contribution is -0.139. The van der Waals surface area contributed by atoms with Crippen LogP contribution in [0.25, 0.3) is 0 Å². The summed E-state index contributed by atoms with van der Waals surface area (Å²) in [7, 11) is 1.43. The molecule has 2 heteroatoms. The van der Waals surface area contributed by atoms with Crippen LogP contribution >= 0.6 is 0 Å². The fourth-order valence-corrected chi connectivity index (χ4v) is 1.78. The van der Waals surface area contributed by atoms with E-state index in [9.17, 15) is 4.79 Å². The van der Waals surface area contributed by atoms with Gasteiger partial charge in [0.15, 0.2) is 0 Å². The van der Waals surface area contributed by atoms with Crippen LogP contribution in [0, 0.1) is 27.7 Å². The van der Waals surface area contributed by atoms with Crippen LogP contribution < -0.4 is 0 Å². The smallest absolute Gasteiger partial charge is 0.309 e. The molecule has 15 heavy (non-hydrogen) atoms. The Morgan fingerprint density at radius 3 is 2.00 bits per heavy atom. The summed E-state index contributed by atoms with van der Waals surface area (Å²) >= 11 is 0. The fourth-order valence-electron chi connectivity index (χ4n) is 1.78. The summed E-state index contributed by atoms with van der Waals surface area (Å²) < 4.78 is 4.70. The number of ether oxygens (including phenoxy) is 1. The van der Waals surface area contributed by atoms with E-state index in [1.165, 1.54) is 29.4 Å². The Morgan fingerprint density at radius 2 is 1.60 bits per heavy atom. The van der Waals surface area contributed by atoms with Crippen molar-refractivity contribution < 1.29 is 9.53 Å². The largest absolute Gasteiger partial charge is 0.469 e. The standard InChI is InChI=1S/C13H18O2/c1-8-6-9(2)11(4)12(10(8)3)7-13(14)15-5/h6H,7H2,1-5H3. The van der Waals surface area contributed by atoms with Crippen LogP contribution in [-0.4, -0.2) is 13.1 Å². The van der Waals surface area contributed by atoms with Gasteiger partial charge in [-0.1, -0.05) is 6.07 Å². The average molecular weight is 206 g/mol. The Labute approximate surface area is 91.3 Å². The second-order valence-electron chi connectivity index (χ2n) is 3.99. The molecule has 1 rings (SSSR count). The minimum atomic E-state index is -0.175. The molecule has 0 aliphatic heterocycles. The second kappa shape index (κ2) is 4.47. The van der Waals surface area contributed by atoms with Crippen molar-refractivity contribution in [2.45, 2.75) is 34.1 Å². The molecule has 0 bridgehead atoms. The lowest BCUT2D eigenvalue weighted by atomic mass is 9.92. The maximum absolute atomic E-state index is 11.3. The summed E-state index contributed by atoms with van der Waals surface area (Å²) in [6.45, 7) is 8.26. The van der Waals surface area contributed by atoms with Crippen LogP contribution in [0.15, 0.2) is 6.07 Å². The minimum Gasteiger partial charge on any atom is -0.469 e. The van der Waals surface area contributed by atoms with Gasteiger partial charge in [0.2, 0.25) is 0 Å². The fraction of sp³-hybridized carbons (Fsp3) is 0.462. The molecule has 1 aromatic carbocycles. The molecule has 0 atom stereocenters. The van der Waals surface area contributed by atoms with Gasteiger partial charge in [0.1, 0.15) is 0 Å². The van der Waals surface area contributed by atoms with E-state index in [0.717, 1.165) is 5.56 Å². The third-order valence-corrected chi connectivity index (χ3v) is 3.07. The number of benzene rings is 1. The maximum Gasteiger partial charge on any atom is 0.309 e. The van der Waals surface area contributed by atoms with E-state index in [1.54, 1.807) is 0 Å². The molecular weight excluding hydrogens is 188 g/mol. The average Bonchev–Trinajstić information content (AvgIpc) is 2.21. The van der Waals surface area contributed by atoms with Gasteiger partial charge in [-0.15, -0.1) is 0 Å².